The summed E-state index contributed by atoms with van der Waals surface area (Å²) in [5.74, 6) is -0.0708. The molecule has 1 aromatic rings. The van der Waals surface area contributed by atoms with Crippen molar-refractivity contribution in [3.63, 3.8) is 0 Å². The van der Waals surface area contributed by atoms with Gasteiger partial charge in [-0.2, -0.15) is 24.9 Å². The first kappa shape index (κ1) is 28.3. The van der Waals surface area contributed by atoms with Crippen LogP contribution in [-0.2, 0) is 20.1 Å². The van der Waals surface area contributed by atoms with Crippen LogP contribution in [0.25, 0.3) is 0 Å². The van der Waals surface area contributed by atoms with Gasteiger partial charge in [-0.05, 0) is 30.0 Å². The molecule has 2 unspecified atom stereocenters. The summed E-state index contributed by atoms with van der Waals surface area (Å²) < 4.78 is 49.1. The minimum atomic E-state index is -4.41. The molecule has 34 heavy (non-hydrogen) atoms. The lowest BCUT2D eigenvalue weighted by atomic mass is 10.00. The van der Waals surface area contributed by atoms with Crippen molar-refractivity contribution in [3.05, 3.63) is 29.8 Å². The Hall–Kier alpha value is -1.98. The van der Waals surface area contributed by atoms with Crippen LogP contribution in [0.2, 0.25) is 0 Å². The molecule has 0 radical (unpaired) electrons. The van der Waals surface area contributed by atoms with Gasteiger partial charge in [-0.25, -0.2) is 0 Å². The number of nitrogens with two attached hydrogens (primary N) is 1. The number of alkyl halides is 3. The van der Waals surface area contributed by atoms with Gasteiger partial charge >= 0.3 is 6.18 Å². The number of ether oxygens (including phenoxy) is 2. The standard InChI is InChI=1S/C23H34F3N3O4S/c1-14(2)19(10-23(24,25)26)28-21(30)20-9-17(11-29(20)22(31)18(27)12-32-3)34-13-15-5-7-16(33-4)8-6-15/h5-8,14,17-20H,9-13,27H2,1-4H3,(H,28,30)/t17-,18+,19?,20?/m1/s1. The van der Waals surface area contributed by atoms with Crippen LogP contribution < -0.4 is 15.8 Å². The van der Waals surface area contributed by atoms with E-state index in [-0.39, 0.29) is 18.4 Å². The first-order valence-corrected chi connectivity index (χ1v) is 12.2. The number of hydrogen-bond acceptors (Lipinski definition) is 6. The number of benzene rings is 1. The molecular formula is C23H34F3N3O4S. The first-order valence-electron chi connectivity index (χ1n) is 11.1. The Bertz CT molecular complexity index is 808. The van der Waals surface area contributed by atoms with Crippen molar-refractivity contribution < 1.29 is 32.2 Å². The largest absolute Gasteiger partial charge is 0.497 e. The van der Waals surface area contributed by atoms with Crippen molar-refractivity contribution in [2.45, 2.75) is 62.0 Å². The molecule has 11 heteroatoms. The molecule has 3 N–H and O–H groups in total. The number of carbonyl (C=O) groups is 2. The lowest BCUT2D eigenvalue weighted by Gasteiger charge is -2.29. The van der Waals surface area contributed by atoms with E-state index in [2.05, 4.69) is 5.32 Å². The number of hydrogen-bond donors (Lipinski definition) is 2. The second kappa shape index (κ2) is 12.6. The molecule has 0 aliphatic carbocycles. The zero-order chi connectivity index (χ0) is 25.5. The molecule has 0 spiro atoms. The molecule has 0 saturated carbocycles. The molecule has 1 aromatic carbocycles. The summed E-state index contributed by atoms with van der Waals surface area (Å²) in [4.78, 5) is 27.4. The van der Waals surface area contributed by atoms with E-state index in [9.17, 15) is 22.8 Å². The lowest BCUT2D eigenvalue weighted by molar-refractivity contribution is -0.148. The van der Waals surface area contributed by atoms with Gasteiger partial charge in [-0.3, -0.25) is 9.59 Å². The van der Waals surface area contributed by atoms with Gasteiger partial charge in [0.25, 0.3) is 0 Å². The molecule has 1 heterocycles. The summed E-state index contributed by atoms with van der Waals surface area (Å²) >= 11 is 1.59. The number of thioether (sulfide) groups is 1. The summed E-state index contributed by atoms with van der Waals surface area (Å²) in [6.45, 7) is 3.50. The topological polar surface area (TPSA) is 93.9 Å². The van der Waals surface area contributed by atoms with Gasteiger partial charge in [0.05, 0.1) is 20.1 Å². The predicted octanol–water partition coefficient (Wildman–Crippen LogP) is 2.96. The van der Waals surface area contributed by atoms with Crippen LogP contribution in [0.1, 0.15) is 32.3 Å². The van der Waals surface area contributed by atoms with E-state index in [0.29, 0.717) is 12.2 Å². The third-order valence-corrected chi connectivity index (χ3v) is 7.05. The third-order valence-electron chi connectivity index (χ3n) is 5.74. The normalized spacial score (nSPS) is 20.3. The Kier molecular flexibility index (Phi) is 10.5. The van der Waals surface area contributed by atoms with Crippen molar-refractivity contribution in [1.82, 2.24) is 10.2 Å². The molecule has 2 rings (SSSR count). The number of nitrogens with zero attached hydrogens (tertiary/aromatic N) is 1. The molecule has 192 valence electrons. The van der Waals surface area contributed by atoms with Gasteiger partial charge < -0.3 is 25.4 Å². The second-order valence-corrected chi connectivity index (χ2v) is 10.1. The second-order valence-electron chi connectivity index (χ2n) is 8.76. The van der Waals surface area contributed by atoms with E-state index < -0.39 is 48.5 Å². The predicted molar refractivity (Wildman–Crippen MR) is 125 cm³/mol. The highest BCUT2D eigenvalue weighted by molar-refractivity contribution is 7.99. The average molecular weight is 506 g/mol. The van der Waals surface area contributed by atoms with Gasteiger partial charge in [-0.1, -0.05) is 26.0 Å². The number of carbonyl (C=O) groups excluding carboxylic acids is 2. The van der Waals surface area contributed by atoms with Gasteiger partial charge in [0.1, 0.15) is 17.8 Å². The molecule has 4 atom stereocenters. The SMILES string of the molecule is COC[C@H](N)C(=O)N1C[C@H](SCc2ccc(OC)cc2)CC1C(=O)NC(CC(F)(F)F)C(C)C. The van der Waals surface area contributed by atoms with Crippen LogP contribution in [0.15, 0.2) is 24.3 Å². The average Bonchev–Trinajstić information content (AvgIpc) is 3.20. The van der Waals surface area contributed by atoms with E-state index in [0.717, 1.165) is 11.3 Å². The summed E-state index contributed by atoms with van der Waals surface area (Å²) in [7, 11) is 3.01. The van der Waals surface area contributed by atoms with Crippen LogP contribution in [-0.4, -0.2) is 73.6 Å². The maximum Gasteiger partial charge on any atom is 0.391 e. The summed E-state index contributed by atoms with van der Waals surface area (Å²) in [5.41, 5.74) is 6.98. The molecule has 0 bridgehead atoms. The maximum absolute atomic E-state index is 13.1. The summed E-state index contributed by atoms with van der Waals surface area (Å²) in [5, 5.41) is 2.46. The summed E-state index contributed by atoms with van der Waals surface area (Å²) in [6, 6.07) is 4.66. The van der Waals surface area contributed by atoms with Crippen LogP contribution in [0.3, 0.4) is 0 Å². The number of methoxy groups -OCH3 is 2. The Morgan fingerprint density at radius 1 is 1.24 bits per heavy atom. The molecule has 1 saturated heterocycles. The Balaban J connectivity index is 2.12. The molecule has 0 aromatic heterocycles. The molecular weight excluding hydrogens is 471 g/mol. The molecule has 1 aliphatic rings. The number of halogens is 3. The minimum absolute atomic E-state index is 0.0178. The maximum atomic E-state index is 13.1. The van der Waals surface area contributed by atoms with Crippen molar-refractivity contribution in [2.75, 3.05) is 27.4 Å². The summed E-state index contributed by atoms with van der Waals surface area (Å²) in [6.07, 6.45) is -5.21. The zero-order valence-electron chi connectivity index (χ0n) is 19.9. The number of likely N-dealkylation sites (tertiary alicyclic amines) is 1. The van der Waals surface area contributed by atoms with Crippen LogP contribution in [0.5, 0.6) is 5.75 Å². The fraction of sp³-hybridized carbons (Fsp3) is 0.652. The minimum Gasteiger partial charge on any atom is -0.497 e. The highest BCUT2D eigenvalue weighted by Crippen LogP contribution is 2.32. The van der Waals surface area contributed by atoms with E-state index in [1.807, 2.05) is 24.3 Å². The highest BCUT2D eigenvalue weighted by atomic mass is 32.2. The quantitative estimate of drug-likeness (QED) is 0.480. The molecule has 7 nitrogen and oxygen atoms in total. The Morgan fingerprint density at radius 2 is 1.88 bits per heavy atom. The molecule has 2 amide bonds. The first-order chi connectivity index (χ1) is 15.9. The highest BCUT2D eigenvalue weighted by Gasteiger charge is 2.43. The van der Waals surface area contributed by atoms with E-state index in [1.165, 1.54) is 12.0 Å². The zero-order valence-corrected chi connectivity index (χ0v) is 20.7. The van der Waals surface area contributed by atoms with Crippen LogP contribution in [0, 0.1) is 5.92 Å². The number of amides is 2. The van der Waals surface area contributed by atoms with Gasteiger partial charge in [0, 0.05) is 30.7 Å². The number of rotatable bonds is 11. The fourth-order valence-corrected chi connectivity index (χ4v) is 5.00. The van der Waals surface area contributed by atoms with E-state index in [1.54, 1.807) is 32.7 Å². The fourth-order valence-electron chi connectivity index (χ4n) is 3.79. The molecule has 1 fully saturated rings. The third kappa shape index (κ3) is 8.35. The van der Waals surface area contributed by atoms with Crippen molar-refractivity contribution in [1.29, 1.82) is 0 Å². The Labute approximate surface area is 202 Å². The van der Waals surface area contributed by atoms with Crippen molar-refractivity contribution in [2.24, 2.45) is 11.7 Å². The van der Waals surface area contributed by atoms with Crippen LogP contribution >= 0.6 is 11.8 Å². The van der Waals surface area contributed by atoms with Crippen LogP contribution in [0.4, 0.5) is 13.2 Å². The van der Waals surface area contributed by atoms with Crippen molar-refractivity contribution >= 4 is 23.6 Å². The van der Waals surface area contributed by atoms with E-state index in [4.69, 9.17) is 15.2 Å². The smallest absolute Gasteiger partial charge is 0.391 e. The van der Waals surface area contributed by atoms with E-state index >= 15 is 0 Å². The van der Waals surface area contributed by atoms with Gasteiger partial charge in [-0.15, -0.1) is 0 Å². The van der Waals surface area contributed by atoms with Gasteiger partial charge in [0.2, 0.25) is 11.8 Å². The van der Waals surface area contributed by atoms with Crippen molar-refractivity contribution in [3.8, 4) is 5.75 Å². The lowest BCUT2D eigenvalue weighted by Crippen LogP contribution is -2.54. The Morgan fingerprint density at radius 3 is 2.41 bits per heavy atom. The molecule has 1 aliphatic heterocycles. The number of nitrogens with one attached hydrogen (secondary N) is 1. The monoisotopic (exact) mass is 505 g/mol. The van der Waals surface area contributed by atoms with Gasteiger partial charge in [0.15, 0.2) is 0 Å².